The van der Waals surface area contributed by atoms with Gasteiger partial charge >= 0.3 is 5.97 Å². The second-order valence-electron chi connectivity index (χ2n) is 7.20. The van der Waals surface area contributed by atoms with Gasteiger partial charge in [0.15, 0.2) is 18.1 Å². The molecule has 182 valence electrons. The van der Waals surface area contributed by atoms with Gasteiger partial charge in [0, 0.05) is 27.7 Å². The highest BCUT2D eigenvalue weighted by atomic mass is 35.5. The fraction of sp³-hybridized carbons (Fsp3) is 0.192. The third-order valence-electron chi connectivity index (χ3n) is 4.69. The molecule has 3 rings (SSSR count). The summed E-state index contributed by atoms with van der Waals surface area (Å²) in [7, 11) is 1.45. The average Bonchev–Trinajstić information content (AvgIpc) is 2.87. The Bertz CT molecular complexity index is 1170. The normalized spacial score (nSPS) is 10.3. The fourth-order valence-corrected chi connectivity index (χ4v) is 3.99. The molecular weight excluding hydrogens is 490 g/mol. The van der Waals surface area contributed by atoms with E-state index in [0.29, 0.717) is 22.3 Å². The Morgan fingerprint density at radius 1 is 0.914 bits per heavy atom. The molecule has 0 heterocycles. The number of rotatable bonds is 11. The number of imide groups is 1. The first-order valence-electron chi connectivity index (χ1n) is 10.7. The zero-order chi connectivity index (χ0) is 25.0. The molecule has 2 amide bonds. The Morgan fingerprint density at radius 2 is 1.66 bits per heavy atom. The van der Waals surface area contributed by atoms with Crippen LogP contribution in [0.3, 0.4) is 0 Å². The maximum atomic E-state index is 12.4. The summed E-state index contributed by atoms with van der Waals surface area (Å²) in [6.45, 7) is -0.360. The third kappa shape index (κ3) is 8.35. The van der Waals surface area contributed by atoms with E-state index in [2.05, 4.69) is 5.32 Å². The van der Waals surface area contributed by atoms with Crippen molar-refractivity contribution < 1.29 is 28.6 Å². The number of nitrogens with one attached hydrogen (secondary N) is 1. The van der Waals surface area contributed by atoms with Gasteiger partial charge in [0.25, 0.3) is 5.91 Å². The molecule has 7 nitrogen and oxygen atoms in total. The van der Waals surface area contributed by atoms with E-state index >= 15 is 0 Å². The minimum absolute atomic E-state index is 0.159. The number of methoxy groups -OCH3 is 1. The molecule has 1 N–H and O–H groups in total. The van der Waals surface area contributed by atoms with Crippen molar-refractivity contribution in [1.29, 1.82) is 0 Å². The molecule has 0 unspecified atom stereocenters. The molecule has 0 radical (unpaired) electrons. The largest absolute Gasteiger partial charge is 0.493 e. The second-order valence-corrected chi connectivity index (χ2v) is 8.78. The summed E-state index contributed by atoms with van der Waals surface area (Å²) >= 11 is 7.66. The molecule has 0 aliphatic heterocycles. The monoisotopic (exact) mass is 513 g/mol. The van der Waals surface area contributed by atoms with E-state index in [4.69, 9.17) is 25.8 Å². The van der Waals surface area contributed by atoms with Crippen LogP contribution in [0.1, 0.15) is 22.3 Å². The quantitative estimate of drug-likeness (QED) is 0.288. The van der Waals surface area contributed by atoms with Crippen LogP contribution >= 0.6 is 23.4 Å². The molecule has 3 aromatic rings. The number of hydrogen-bond acceptors (Lipinski definition) is 7. The van der Waals surface area contributed by atoms with Gasteiger partial charge in [-0.2, -0.15) is 0 Å². The van der Waals surface area contributed by atoms with Crippen molar-refractivity contribution in [3.8, 4) is 11.5 Å². The van der Waals surface area contributed by atoms with Crippen molar-refractivity contribution in [2.75, 3.05) is 19.5 Å². The maximum Gasteiger partial charge on any atom is 0.338 e. The molecule has 0 fully saturated rings. The molecule has 9 heteroatoms. The molecule has 0 aliphatic carbocycles. The summed E-state index contributed by atoms with van der Waals surface area (Å²) in [4.78, 5) is 37.3. The van der Waals surface area contributed by atoms with Crippen LogP contribution < -0.4 is 14.8 Å². The molecule has 0 saturated heterocycles. The average molecular weight is 514 g/mol. The van der Waals surface area contributed by atoms with E-state index in [1.54, 1.807) is 12.1 Å². The summed E-state index contributed by atoms with van der Waals surface area (Å²) in [6, 6.07) is 21.4. The molecule has 35 heavy (non-hydrogen) atoms. The van der Waals surface area contributed by atoms with Gasteiger partial charge in [-0.15, -0.1) is 11.8 Å². The highest BCUT2D eigenvalue weighted by Gasteiger charge is 2.15. The van der Waals surface area contributed by atoms with Gasteiger partial charge in [0.1, 0.15) is 6.61 Å². The maximum absolute atomic E-state index is 12.4. The van der Waals surface area contributed by atoms with E-state index in [9.17, 15) is 14.4 Å². The van der Waals surface area contributed by atoms with E-state index in [1.165, 1.54) is 31.0 Å². The smallest absolute Gasteiger partial charge is 0.338 e. The van der Waals surface area contributed by atoms with Crippen LogP contribution in [-0.2, 0) is 20.9 Å². The number of carbonyl (C=O) groups excluding carboxylic acids is 3. The lowest BCUT2D eigenvalue weighted by Gasteiger charge is -2.13. The second kappa shape index (κ2) is 13.4. The van der Waals surface area contributed by atoms with Gasteiger partial charge in [0.05, 0.1) is 12.7 Å². The van der Waals surface area contributed by atoms with Gasteiger partial charge in [-0.05, 0) is 36.4 Å². The lowest BCUT2D eigenvalue weighted by Crippen LogP contribution is -2.34. The summed E-state index contributed by atoms with van der Waals surface area (Å²) in [5.41, 5.74) is 0.976. The van der Waals surface area contributed by atoms with Crippen LogP contribution in [0.25, 0.3) is 0 Å². The topological polar surface area (TPSA) is 90.9 Å². The minimum Gasteiger partial charge on any atom is -0.493 e. The first kappa shape index (κ1) is 26.1. The number of esters is 1. The fourth-order valence-electron chi connectivity index (χ4n) is 2.93. The van der Waals surface area contributed by atoms with Crippen molar-refractivity contribution in [2.24, 2.45) is 0 Å². The van der Waals surface area contributed by atoms with Crippen molar-refractivity contribution in [2.45, 2.75) is 17.9 Å². The zero-order valence-corrected chi connectivity index (χ0v) is 20.6. The van der Waals surface area contributed by atoms with Crippen molar-refractivity contribution in [3.63, 3.8) is 0 Å². The van der Waals surface area contributed by atoms with Crippen LogP contribution in [-0.4, -0.2) is 37.3 Å². The Balaban J connectivity index is 1.45. The predicted octanol–water partition coefficient (Wildman–Crippen LogP) is 4.91. The number of benzene rings is 3. The number of ether oxygens (including phenoxy) is 3. The third-order valence-corrected chi connectivity index (χ3v) is 6.08. The van der Waals surface area contributed by atoms with Crippen LogP contribution in [0.2, 0.25) is 5.02 Å². The number of halogens is 1. The number of amides is 2. The highest BCUT2D eigenvalue weighted by Crippen LogP contribution is 2.30. The molecule has 0 bridgehead atoms. The van der Waals surface area contributed by atoms with Gasteiger partial charge in [-0.1, -0.05) is 48.0 Å². The Hall–Kier alpha value is -3.49. The molecule has 0 spiro atoms. The standard InChI is InChI=1S/C26H24ClNO6S/c1-32-23-15-18(11-12-22(23)33-16-19-7-5-6-10-21(19)27)26(31)34-17-25(30)28-24(29)13-14-35-20-8-3-2-4-9-20/h2-12,15H,13-14,16-17H2,1H3,(H,28,29,30). The Labute approximate surface area is 212 Å². The van der Waals surface area contributed by atoms with E-state index in [-0.39, 0.29) is 18.6 Å². The zero-order valence-electron chi connectivity index (χ0n) is 19.0. The lowest BCUT2D eigenvalue weighted by atomic mass is 10.2. The van der Waals surface area contributed by atoms with Gasteiger partial charge in [-0.25, -0.2) is 4.79 Å². The van der Waals surface area contributed by atoms with E-state index in [0.717, 1.165) is 10.5 Å². The number of hydrogen-bond donors (Lipinski definition) is 1. The molecule has 0 atom stereocenters. The molecule has 0 aliphatic rings. The summed E-state index contributed by atoms with van der Waals surface area (Å²) in [5, 5.41) is 2.80. The van der Waals surface area contributed by atoms with Gasteiger partial charge in [0.2, 0.25) is 5.91 Å². The van der Waals surface area contributed by atoms with E-state index < -0.39 is 24.4 Å². The Kier molecular flexibility index (Phi) is 10.0. The number of thioether (sulfide) groups is 1. The molecule has 3 aromatic carbocycles. The molecular formula is C26H24ClNO6S. The van der Waals surface area contributed by atoms with E-state index in [1.807, 2.05) is 48.5 Å². The van der Waals surface area contributed by atoms with Crippen molar-refractivity contribution in [1.82, 2.24) is 5.32 Å². The molecule has 0 saturated carbocycles. The predicted molar refractivity (Wildman–Crippen MR) is 134 cm³/mol. The minimum atomic E-state index is -0.733. The summed E-state index contributed by atoms with van der Waals surface area (Å²) in [5.74, 6) is -0.602. The first-order valence-corrected chi connectivity index (χ1v) is 12.0. The molecule has 0 aromatic heterocycles. The van der Waals surface area contributed by atoms with Crippen molar-refractivity contribution >= 4 is 41.1 Å². The van der Waals surface area contributed by atoms with Crippen LogP contribution in [0.15, 0.2) is 77.7 Å². The summed E-state index contributed by atoms with van der Waals surface area (Å²) in [6.07, 6.45) is 0.159. The van der Waals surface area contributed by atoms with Gasteiger partial charge in [-0.3, -0.25) is 14.9 Å². The van der Waals surface area contributed by atoms with Gasteiger partial charge < -0.3 is 14.2 Å². The Morgan fingerprint density at radius 3 is 2.40 bits per heavy atom. The van der Waals surface area contributed by atoms with Crippen LogP contribution in [0.4, 0.5) is 0 Å². The first-order chi connectivity index (χ1) is 17.0. The van der Waals surface area contributed by atoms with Crippen molar-refractivity contribution in [3.05, 3.63) is 88.9 Å². The van der Waals surface area contributed by atoms with Crippen LogP contribution in [0.5, 0.6) is 11.5 Å². The highest BCUT2D eigenvalue weighted by molar-refractivity contribution is 7.99. The SMILES string of the molecule is COc1cc(C(=O)OCC(=O)NC(=O)CCSc2ccccc2)ccc1OCc1ccccc1Cl. The summed E-state index contributed by atoms with van der Waals surface area (Å²) < 4.78 is 16.1. The lowest BCUT2D eigenvalue weighted by molar-refractivity contribution is -0.132. The number of carbonyl (C=O) groups is 3. The van der Waals surface area contributed by atoms with Crippen LogP contribution in [0, 0.1) is 0 Å².